The fourth-order valence-corrected chi connectivity index (χ4v) is 2.36. The highest BCUT2D eigenvalue weighted by atomic mass is 35.5. The van der Waals surface area contributed by atoms with Gasteiger partial charge in [0, 0.05) is 10.6 Å². The van der Waals surface area contributed by atoms with Crippen LogP contribution >= 0.6 is 23.2 Å². The topological polar surface area (TPSA) is 43.4 Å². The summed E-state index contributed by atoms with van der Waals surface area (Å²) in [5, 5.41) is 0.617. The molecule has 2 aromatic carbocycles. The van der Waals surface area contributed by atoms with Crippen LogP contribution in [0.4, 0.5) is 0 Å². The Morgan fingerprint density at radius 3 is 2.32 bits per heavy atom. The van der Waals surface area contributed by atoms with Gasteiger partial charge in [-0.25, -0.2) is 4.79 Å². The molecule has 0 unspecified atom stereocenters. The summed E-state index contributed by atoms with van der Waals surface area (Å²) in [7, 11) is 0. The first-order valence-electron chi connectivity index (χ1n) is 6.75. The van der Waals surface area contributed by atoms with Gasteiger partial charge in [-0.05, 0) is 30.2 Å². The van der Waals surface area contributed by atoms with Gasteiger partial charge in [-0.15, -0.1) is 0 Å². The van der Waals surface area contributed by atoms with E-state index < -0.39 is 5.97 Å². The number of carbonyl (C=O) groups excluding carboxylic acids is 2. The van der Waals surface area contributed by atoms with E-state index in [1.165, 1.54) is 18.2 Å². The molecule has 0 heterocycles. The maximum absolute atomic E-state index is 12.0. The number of Topliss-reactive ketones (excluding diaryl/α,β-unsaturated/α-hetero) is 1. The van der Waals surface area contributed by atoms with Crippen molar-refractivity contribution in [3.63, 3.8) is 0 Å². The lowest BCUT2D eigenvalue weighted by Gasteiger charge is -2.06. The summed E-state index contributed by atoms with van der Waals surface area (Å²) in [5.41, 5.74) is 1.83. The summed E-state index contributed by atoms with van der Waals surface area (Å²) in [6, 6.07) is 11.7. The normalized spacial score (nSPS) is 10.3. The summed E-state index contributed by atoms with van der Waals surface area (Å²) in [4.78, 5) is 23.9. The first-order chi connectivity index (χ1) is 10.5. The number of halogens is 2. The molecule has 0 bridgehead atoms. The molecule has 0 aromatic heterocycles. The first-order valence-corrected chi connectivity index (χ1v) is 7.51. The Balaban J connectivity index is 1.99. The minimum atomic E-state index is -0.653. The predicted molar refractivity (Wildman–Crippen MR) is 86.9 cm³/mol. The van der Waals surface area contributed by atoms with Gasteiger partial charge in [-0.2, -0.15) is 0 Å². The monoisotopic (exact) mass is 336 g/mol. The maximum Gasteiger partial charge on any atom is 0.340 e. The van der Waals surface area contributed by atoms with E-state index in [0.717, 1.165) is 12.0 Å². The minimum Gasteiger partial charge on any atom is -0.454 e. The van der Waals surface area contributed by atoms with Crippen molar-refractivity contribution in [1.82, 2.24) is 0 Å². The number of ether oxygens (including phenoxy) is 1. The molecule has 0 saturated carbocycles. The largest absolute Gasteiger partial charge is 0.454 e. The zero-order chi connectivity index (χ0) is 16.1. The van der Waals surface area contributed by atoms with Gasteiger partial charge in [-0.3, -0.25) is 4.79 Å². The van der Waals surface area contributed by atoms with E-state index in [4.69, 9.17) is 27.9 Å². The molecule has 0 saturated heterocycles. The van der Waals surface area contributed by atoms with Gasteiger partial charge in [0.1, 0.15) is 0 Å². The van der Waals surface area contributed by atoms with Gasteiger partial charge >= 0.3 is 5.97 Å². The Labute approximate surface area is 138 Å². The summed E-state index contributed by atoms with van der Waals surface area (Å²) < 4.78 is 5.01. The molecule has 0 radical (unpaired) electrons. The third-order valence-corrected chi connectivity index (χ3v) is 3.72. The van der Waals surface area contributed by atoms with Crippen LogP contribution in [0.25, 0.3) is 0 Å². The number of aryl methyl sites for hydroxylation is 1. The molecule has 0 aliphatic heterocycles. The van der Waals surface area contributed by atoms with Gasteiger partial charge in [0.2, 0.25) is 0 Å². The van der Waals surface area contributed by atoms with Crippen molar-refractivity contribution in [2.75, 3.05) is 6.61 Å². The van der Waals surface area contributed by atoms with E-state index in [-0.39, 0.29) is 23.0 Å². The van der Waals surface area contributed by atoms with Gasteiger partial charge in [-0.1, -0.05) is 54.4 Å². The predicted octanol–water partition coefficient (Wildman–Crippen LogP) is 4.60. The van der Waals surface area contributed by atoms with Crippen LogP contribution in [0.15, 0.2) is 42.5 Å². The quantitative estimate of drug-likeness (QED) is 0.592. The molecule has 3 nitrogen and oxygen atoms in total. The van der Waals surface area contributed by atoms with E-state index >= 15 is 0 Å². The van der Waals surface area contributed by atoms with Crippen molar-refractivity contribution in [2.45, 2.75) is 13.3 Å². The lowest BCUT2D eigenvalue weighted by molar-refractivity contribution is 0.0475. The second-order valence-electron chi connectivity index (χ2n) is 4.67. The van der Waals surface area contributed by atoms with Crippen LogP contribution in [-0.2, 0) is 11.2 Å². The smallest absolute Gasteiger partial charge is 0.340 e. The summed E-state index contributed by atoms with van der Waals surface area (Å²) >= 11 is 11.7. The van der Waals surface area contributed by atoms with Gasteiger partial charge in [0.05, 0.1) is 10.6 Å². The van der Waals surface area contributed by atoms with E-state index in [0.29, 0.717) is 10.6 Å². The molecule has 2 aromatic rings. The molecule has 114 valence electrons. The van der Waals surface area contributed by atoms with Crippen molar-refractivity contribution >= 4 is 35.0 Å². The van der Waals surface area contributed by atoms with Gasteiger partial charge < -0.3 is 4.74 Å². The van der Waals surface area contributed by atoms with E-state index in [9.17, 15) is 9.59 Å². The van der Waals surface area contributed by atoms with Crippen LogP contribution in [-0.4, -0.2) is 18.4 Å². The average Bonchev–Trinajstić information content (AvgIpc) is 2.52. The molecule has 0 N–H and O–H groups in total. The Bertz CT molecular complexity index is 694. The van der Waals surface area contributed by atoms with Crippen LogP contribution in [0.2, 0.25) is 10.0 Å². The highest BCUT2D eigenvalue weighted by Gasteiger charge is 2.15. The second kappa shape index (κ2) is 7.43. The molecule has 0 aliphatic rings. The molecule has 22 heavy (non-hydrogen) atoms. The highest BCUT2D eigenvalue weighted by Crippen LogP contribution is 2.21. The molecule has 0 atom stereocenters. The molecule has 0 fully saturated rings. The third-order valence-electron chi connectivity index (χ3n) is 3.17. The number of carbonyl (C=O) groups is 2. The lowest BCUT2D eigenvalue weighted by atomic mass is 10.1. The SMILES string of the molecule is CCc1ccc(C(=O)COC(=O)c2ccc(Cl)cc2Cl)cc1. The van der Waals surface area contributed by atoms with Crippen molar-refractivity contribution < 1.29 is 14.3 Å². The van der Waals surface area contributed by atoms with Gasteiger partial charge in [0.25, 0.3) is 0 Å². The zero-order valence-corrected chi connectivity index (χ0v) is 13.4. The summed E-state index contributed by atoms with van der Waals surface area (Å²) in [5.74, 6) is -0.915. The van der Waals surface area contributed by atoms with Crippen molar-refractivity contribution in [1.29, 1.82) is 0 Å². The van der Waals surface area contributed by atoms with Crippen LogP contribution < -0.4 is 0 Å². The molecule has 5 heteroatoms. The molecule has 0 spiro atoms. The lowest BCUT2D eigenvalue weighted by Crippen LogP contribution is -2.14. The standard InChI is InChI=1S/C17H14Cl2O3/c1-2-11-3-5-12(6-4-11)16(20)10-22-17(21)14-8-7-13(18)9-15(14)19/h3-9H,2,10H2,1H3. The second-order valence-corrected chi connectivity index (χ2v) is 5.52. The molecule has 2 rings (SSSR count). The Kier molecular flexibility index (Phi) is 5.58. The van der Waals surface area contributed by atoms with Crippen LogP contribution in [0.3, 0.4) is 0 Å². The van der Waals surface area contributed by atoms with Crippen LogP contribution in [0, 0.1) is 0 Å². The maximum atomic E-state index is 12.0. The van der Waals surface area contributed by atoms with E-state index in [1.54, 1.807) is 12.1 Å². The average molecular weight is 337 g/mol. The van der Waals surface area contributed by atoms with E-state index in [1.807, 2.05) is 19.1 Å². The fourth-order valence-electron chi connectivity index (χ4n) is 1.87. The zero-order valence-electron chi connectivity index (χ0n) is 11.9. The number of hydrogen-bond acceptors (Lipinski definition) is 3. The van der Waals surface area contributed by atoms with Crippen molar-refractivity contribution in [3.8, 4) is 0 Å². The van der Waals surface area contributed by atoms with Gasteiger partial charge in [0.15, 0.2) is 12.4 Å². The van der Waals surface area contributed by atoms with Crippen LogP contribution in [0.5, 0.6) is 0 Å². The Morgan fingerprint density at radius 2 is 1.73 bits per heavy atom. The molecule has 0 amide bonds. The third kappa shape index (κ3) is 4.09. The summed E-state index contributed by atoms with van der Waals surface area (Å²) in [6.07, 6.45) is 0.901. The Hall–Kier alpha value is -1.84. The highest BCUT2D eigenvalue weighted by molar-refractivity contribution is 6.36. The van der Waals surface area contributed by atoms with Crippen LogP contribution in [0.1, 0.15) is 33.2 Å². The van der Waals surface area contributed by atoms with E-state index in [2.05, 4.69) is 0 Å². The van der Waals surface area contributed by atoms with Crippen molar-refractivity contribution in [2.24, 2.45) is 0 Å². The number of benzene rings is 2. The molecule has 0 aliphatic carbocycles. The number of esters is 1. The Morgan fingerprint density at radius 1 is 1.05 bits per heavy atom. The molecular weight excluding hydrogens is 323 g/mol. The summed E-state index contributed by atoms with van der Waals surface area (Å²) in [6.45, 7) is 1.71. The molecular formula is C17H14Cl2O3. The fraction of sp³-hybridized carbons (Fsp3) is 0.176. The number of hydrogen-bond donors (Lipinski definition) is 0. The first kappa shape index (κ1) is 16.5. The number of rotatable bonds is 5. The number of ketones is 1. The minimum absolute atomic E-state index is 0.181. The van der Waals surface area contributed by atoms with Crippen molar-refractivity contribution in [3.05, 3.63) is 69.2 Å².